The Morgan fingerprint density at radius 2 is 0.864 bits per heavy atom. The number of hydrogen-bond acceptors (Lipinski definition) is 2. The summed E-state index contributed by atoms with van der Waals surface area (Å²) in [7, 11) is 0. The van der Waals surface area contributed by atoms with Gasteiger partial charge in [-0.15, -0.1) is 0 Å². The molecule has 0 radical (unpaired) electrons. The normalized spacial score (nSPS) is 15.1. The Bertz CT molecular complexity index is 1960. The molecule has 0 aliphatic carbocycles. The average molecular weight is 563 g/mol. The standard InChI is InChI=1S/C40H26N4/c1-2-26-43(25-1)39(37-13-7-23-41-37)35-11-5-9-33(29-35)21-19-31-15-17-32(18-16-31)20-22-34-10-6-12-36(30-34)40(38-14-8-24-42-38)44-27-3-4-28-44/h1-18,23-30H/b39-37-,40-38-. The Morgan fingerprint density at radius 3 is 1.25 bits per heavy atom. The van der Waals surface area contributed by atoms with Crippen LogP contribution in [0.25, 0.3) is 11.4 Å². The van der Waals surface area contributed by atoms with Crippen molar-refractivity contribution in [1.29, 1.82) is 0 Å². The second-order valence-electron chi connectivity index (χ2n) is 10.2. The Morgan fingerprint density at radius 1 is 0.455 bits per heavy atom. The van der Waals surface area contributed by atoms with E-state index in [4.69, 9.17) is 0 Å². The maximum absolute atomic E-state index is 4.54. The van der Waals surface area contributed by atoms with Crippen molar-refractivity contribution >= 4 is 23.8 Å². The van der Waals surface area contributed by atoms with Gasteiger partial charge in [-0.1, -0.05) is 47.9 Å². The van der Waals surface area contributed by atoms with Crippen molar-refractivity contribution in [2.45, 2.75) is 0 Å². The summed E-state index contributed by atoms with van der Waals surface area (Å²) < 4.78 is 4.18. The molecule has 2 aliphatic rings. The van der Waals surface area contributed by atoms with Crippen LogP contribution in [0.2, 0.25) is 0 Å². The number of aliphatic imine (C=N–C) groups is 2. The van der Waals surface area contributed by atoms with Crippen LogP contribution in [0.3, 0.4) is 0 Å². The minimum absolute atomic E-state index is 0.924. The van der Waals surface area contributed by atoms with Gasteiger partial charge in [0, 0.05) is 70.6 Å². The van der Waals surface area contributed by atoms with Gasteiger partial charge in [-0.2, -0.15) is 0 Å². The van der Waals surface area contributed by atoms with Gasteiger partial charge in [-0.25, -0.2) is 0 Å². The first-order valence-corrected chi connectivity index (χ1v) is 14.3. The molecule has 2 aromatic heterocycles. The molecule has 7 rings (SSSR count). The van der Waals surface area contributed by atoms with Crippen molar-refractivity contribution in [1.82, 2.24) is 9.13 Å². The highest BCUT2D eigenvalue weighted by molar-refractivity contribution is 5.84. The maximum atomic E-state index is 4.54. The van der Waals surface area contributed by atoms with E-state index in [0.29, 0.717) is 0 Å². The third-order valence-electron chi connectivity index (χ3n) is 7.18. The molecule has 0 N–H and O–H groups in total. The van der Waals surface area contributed by atoms with Crippen LogP contribution in [0.1, 0.15) is 33.4 Å². The molecule has 0 spiro atoms. The lowest BCUT2D eigenvalue weighted by Crippen LogP contribution is -1.99. The minimum atomic E-state index is 0.924. The number of nitrogens with zero attached hydrogens (tertiary/aromatic N) is 4. The Labute approximate surface area is 257 Å². The van der Waals surface area contributed by atoms with Crippen molar-refractivity contribution in [3.8, 4) is 23.7 Å². The van der Waals surface area contributed by atoms with Gasteiger partial charge in [0.1, 0.15) is 0 Å². The lowest BCUT2D eigenvalue weighted by atomic mass is 10.1. The third-order valence-corrected chi connectivity index (χ3v) is 7.18. The molecule has 0 saturated carbocycles. The maximum Gasteiger partial charge on any atom is 0.0876 e. The van der Waals surface area contributed by atoms with Gasteiger partial charge in [-0.05, 0) is 97.1 Å². The molecule has 206 valence electrons. The highest BCUT2D eigenvalue weighted by Crippen LogP contribution is 2.26. The molecule has 4 nitrogen and oxygen atoms in total. The molecule has 0 amide bonds. The molecule has 4 heteroatoms. The van der Waals surface area contributed by atoms with Gasteiger partial charge >= 0.3 is 0 Å². The first-order valence-electron chi connectivity index (χ1n) is 14.3. The second-order valence-corrected chi connectivity index (χ2v) is 10.2. The van der Waals surface area contributed by atoms with Crippen molar-refractivity contribution in [3.63, 3.8) is 0 Å². The lowest BCUT2D eigenvalue weighted by Gasteiger charge is -2.11. The number of benzene rings is 3. The van der Waals surface area contributed by atoms with Crippen molar-refractivity contribution < 1.29 is 0 Å². The monoisotopic (exact) mass is 562 g/mol. The third kappa shape index (κ3) is 5.83. The van der Waals surface area contributed by atoms with Crippen LogP contribution in [-0.2, 0) is 0 Å². The number of allylic oxidation sites excluding steroid dienone is 4. The van der Waals surface area contributed by atoms with E-state index in [9.17, 15) is 0 Å². The minimum Gasteiger partial charge on any atom is -0.321 e. The second kappa shape index (κ2) is 12.2. The van der Waals surface area contributed by atoms with Crippen LogP contribution in [0.5, 0.6) is 0 Å². The van der Waals surface area contributed by atoms with E-state index in [1.807, 2.05) is 134 Å². The summed E-state index contributed by atoms with van der Waals surface area (Å²) in [4.78, 5) is 9.08. The van der Waals surface area contributed by atoms with E-state index in [1.165, 1.54) is 0 Å². The van der Waals surface area contributed by atoms with Gasteiger partial charge in [0.15, 0.2) is 0 Å². The molecule has 4 heterocycles. The summed E-state index contributed by atoms with van der Waals surface area (Å²) in [6.45, 7) is 0. The zero-order valence-corrected chi connectivity index (χ0v) is 23.8. The van der Waals surface area contributed by atoms with E-state index in [1.54, 1.807) is 0 Å². The van der Waals surface area contributed by atoms with Crippen molar-refractivity contribution in [2.24, 2.45) is 9.98 Å². The largest absolute Gasteiger partial charge is 0.321 e. The molecule has 0 atom stereocenters. The summed E-state index contributed by atoms with van der Waals surface area (Å²) in [6.07, 6.45) is 19.7. The SMILES string of the molecule is C(#Cc1cccc(/C(=C2\C=CC=N2)n2cccc2)c1)c1ccc(C#Cc2cccc(/C(=C3\C=CC=N3)n3cccc3)c2)cc1. The molecule has 0 fully saturated rings. The fourth-order valence-corrected chi connectivity index (χ4v) is 5.12. The lowest BCUT2D eigenvalue weighted by molar-refractivity contribution is 1.09. The van der Waals surface area contributed by atoms with Gasteiger partial charge in [-0.3, -0.25) is 9.98 Å². The van der Waals surface area contributed by atoms with E-state index in [0.717, 1.165) is 56.2 Å². The predicted molar refractivity (Wildman–Crippen MR) is 180 cm³/mol. The van der Waals surface area contributed by atoms with Gasteiger partial charge in [0.05, 0.1) is 22.8 Å². The zero-order valence-electron chi connectivity index (χ0n) is 23.8. The summed E-state index contributed by atoms with van der Waals surface area (Å²) in [5.41, 5.74) is 9.77. The Balaban J connectivity index is 1.10. The molecule has 0 saturated heterocycles. The number of hydrogen-bond donors (Lipinski definition) is 0. The fourth-order valence-electron chi connectivity index (χ4n) is 5.12. The average Bonchev–Trinajstić information content (AvgIpc) is 3.90. The van der Waals surface area contributed by atoms with E-state index in [2.05, 4.69) is 67.1 Å². The van der Waals surface area contributed by atoms with Gasteiger partial charge < -0.3 is 9.13 Å². The summed E-state index contributed by atoms with van der Waals surface area (Å²) in [5.74, 6) is 13.3. The van der Waals surface area contributed by atoms with Crippen LogP contribution >= 0.6 is 0 Å². The summed E-state index contributed by atoms with van der Waals surface area (Å²) >= 11 is 0. The van der Waals surface area contributed by atoms with E-state index in [-0.39, 0.29) is 0 Å². The van der Waals surface area contributed by atoms with Crippen molar-refractivity contribution in [2.75, 3.05) is 0 Å². The quantitative estimate of drug-likeness (QED) is 0.200. The summed E-state index contributed by atoms with van der Waals surface area (Å²) in [5, 5.41) is 0. The van der Waals surface area contributed by atoms with Crippen LogP contribution in [-0.4, -0.2) is 21.6 Å². The van der Waals surface area contributed by atoms with E-state index >= 15 is 0 Å². The van der Waals surface area contributed by atoms with E-state index < -0.39 is 0 Å². The van der Waals surface area contributed by atoms with Crippen molar-refractivity contribution in [3.05, 3.63) is 191 Å². The highest BCUT2D eigenvalue weighted by atomic mass is 15.0. The fraction of sp³-hybridized carbons (Fsp3) is 0. The highest BCUT2D eigenvalue weighted by Gasteiger charge is 2.12. The Hall–Kier alpha value is -6.36. The molecule has 44 heavy (non-hydrogen) atoms. The molecular weight excluding hydrogens is 536 g/mol. The topological polar surface area (TPSA) is 34.6 Å². The van der Waals surface area contributed by atoms with Crippen LogP contribution in [0.15, 0.2) is 168 Å². The first-order chi connectivity index (χ1) is 21.8. The first kappa shape index (κ1) is 26.5. The summed E-state index contributed by atoms with van der Waals surface area (Å²) in [6, 6.07) is 32.7. The molecule has 0 bridgehead atoms. The molecule has 2 aliphatic heterocycles. The Kier molecular flexibility index (Phi) is 7.39. The predicted octanol–water partition coefficient (Wildman–Crippen LogP) is 7.80. The zero-order chi connectivity index (χ0) is 29.6. The smallest absolute Gasteiger partial charge is 0.0876 e. The molecular formula is C40H26N4. The van der Waals surface area contributed by atoms with Crippen LogP contribution in [0.4, 0.5) is 0 Å². The molecule has 0 unspecified atom stereocenters. The van der Waals surface area contributed by atoms with Crippen LogP contribution < -0.4 is 0 Å². The van der Waals surface area contributed by atoms with Gasteiger partial charge in [0.25, 0.3) is 0 Å². The van der Waals surface area contributed by atoms with Crippen LogP contribution in [0, 0.1) is 23.7 Å². The van der Waals surface area contributed by atoms with Gasteiger partial charge in [0.2, 0.25) is 0 Å². The molecule has 5 aromatic rings. The number of rotatable bonds is 4. The molecule has 3 aromatic carbocycles. The number of aromatic nitrogens is 2.